The molecule has 0 aliphatic heterocycles. The smallest absolute Gasteiger partial charge is 0.0467 e. The first-order valence-corrected chi connectivity index (χ1v) is 3.45. The van der Waals surface area contributed by atoms with Crippen LogP contribution in [0, 0.1) is 17.3 Å². The van der Waals surface area contributed by atoms with Gasteiger partial charge < -0.3 is 10.8 Å². The lowest BCUT2D eigenvalue weighted by Gasteiger charge is -1.97. The van der Waals surface area contributed by atoms with E-state index in [1.54, 1.807) is 0 Å². The van der Waals surface area contributed by atoms with Crippen molar-refractivity contribution >= 4 is 0 Å². The van der Waals surface area contributed by atoms with Crippen LogP contribution < -0.4 is 5.73 Å². The van der Waals surface area contributed by atoms with E-state index in [0.717, 1.165) is 6.54 Å². The van der Waals surface area contributed by atoms with Crippen LogP contribution in [0.3, 0.4) is 0 Å². The maximum absolute atomic E-state index is 8.79. The molecule has 0 spiro atoms. The van der Waals surface area contributed by atoms with Crippen molar-refractivity contribution in [2.24, 2.45) is 23.0 Å². The van der Waals surface area contributed by atoms with E-state index >= 15 is 0 Å². The van der Waals surface area contributed by atoms with Gasteiger partial charge in [-0.15, -0.1) is 0 Å². The van der Waals surface area contributed by atoms with Crippen LogP contribution in [0.25, 0.3) is 0 Å². The van der Waals surface area contributed by atoms with Gasteiger partial charge in [0.15, 0.2) is 0 Å². The highest BCUT2D eigenvalue weighted by atomic mass is 16.3. The van der Waals surface area contributed by atoms with Gasteiger partial charge in [0.05, 0.1) is 0 Å². The maximum Gasteiger partial charge on any atom is 0.0467 e. The van der Waals surface area contributed by atoms with E-state index in [0.29, 0.717) is 23.9 Å². The Bertz CT molecular complexity index is 99.5. The van der Waals surface area contributed by atoms with Crippen LogP contribution in [0.15, 0.2) is 0 Å². The Kier molecular flexibility index (Phi) is 1.53. The van der Waals surface area contributed by atoms with Crippen LogP contribution in [-0.4, -0.2) is 18.3 Å². The predicted molar refractivity (Wildman–Crippen MR) is 36.9 cm³/mol. The van der Waals surface area contributed by atoms with Crippen molar-refractivity contribution in [3.05, 3.63) is 0 Å². The minimum absolute atomic E-state index is 0.300. The van der Waals surface area contributed by atoms with Crippen LogP contribution in [0.4, 0.5) is 0 Å². The van der Waals surface area contributed by atoms with Crippen molar-refractivity contribution < 1.29 is 5.11 Å². The van der Waals surface area contributed by atoms with Crippen LogP contribution >= 0.6 is 0 Å². The summed E-state index contributed by atoms with van der Waals surface area (Å²) < 4.78 is 0. The fourth-order valence-electron chi connectivity index (χ4n) is 1.69. The summed E-state index contributed by atoms with van der Waals surface area (Å²) in [6, 6.07) is 0. The van der Waals surface area contributed by atoms with Gasteiger partial charge in [-0.3, -0.25) is 0 Å². The molecule has 1 fully saturated rings. The molecule has 0 radical (unpaired) electrons. The first-order valence-electron chi connectivity index (χ1n) is 3.45. The van der Waals surface area contributed by atoms with E-state index < -0.39 is 0 Å². The Morgan fingerprint density at radius 2 is 2.00 bits per heavy atom. The average molecular weight is 129 g/mol. The molecule has 1 aliphatic carbocycles. The Balaban J connectivity index is 2.45. The van der Waals surface area contributed by atoms with Crippen LogP contribution in [0.2, 0.25) is 0 Å². The summed E-state index contributed by atoms with van der Waals surface area (Å²) in [5.41, 5.74) is 5.77. The number of aliphatic hydroxyl groups is 1. The molecule has 0 aromatic carbocycles. The van der Waals surface area contributed by atoms with Gasteiger partial charge in [-0.25, -0.2) is 0 Å². The zero-order chi connectivity index (χ0) is 7.07. The van der Waals surface area contributed by atoms with Crippen LogP contribution in [0.5, 0.6) is 0 Å². The Morgan fingerprint density at radius 3 is 2.11 bits per heavy atom. The largest absolute Gasteiger partial charge is 0.396 e. The Morgan fingerprint density at radius 1 is 1.44 bits per heavy atom. The maximum atomic E-state index is 8.79. The highest BCUT2D eigenvalue weighted by molar-refractivity contribution is 5.04. The normalized spacial score (nSPS) is 38.7. The summed E-state index contributed by atoms with van der Waals surface area (Å²) in [5, 5.41) is 8.79. The molecule has 0 bridgehead atoms. The van der Waals surface area contributed by atoms with Gasteiger partial charge in [0.1, 0.15) is 0 Å². The SMILES string of the molecule is CC1(C)C(CN)C1CO. The summed E-state index contributed by atoms with van der Waals surface area (Å²) >= 11 is 0. The number of aliphatic hydroxyl groups excluding tert-OH is 1. The number of rotatable bonds is 2. The zero-order valence-corrected chi connectivity index (χ0v) is 6.09. The topological polar surface area (TPSA) is 46.2 Å². The molecule has 0 heterocycles. The lowest BCUT2D eigenvalue weighted by atomic mass is 10.1. The average Bonchev–Trinajstić information content (AvgIpc) is 2.32. The second-order valence-corrected chi connectivity index (χ2v) is 3.45. The third kappa shape index (κ3) is 0.864. The predicted octanol–water partition coefficient (Wildman–Crippen LogP) is 0.210. The van der Waals surface area contributed by atoms with Gasteiger partial charge in [0.25, 0.3) is 0 Å². The molecular weight excluding hydrogens is 114 g/mol. The molecule has 9 heavy (non-hydrogen) atoms. The molecule has 2 atom stereocenters. The van der Waals surface area contributed by atoms with Gasteiger partial charge in [-0.2, -0.15) is 0 Å². The molecule has 2 unspecified atom stereocenters. The quantitative estimate of drug-likeness (QED) is 0.560. The van der Waals surface area contributed by atoms with Gasteiger partial charge in [-0.05, 0) is 23.8 Å². The highest BCUT2D eigenvalue weighted by Crippen LogP contribution is 2.56. The molecule has 0 aromatic heterocycles. The summed E-state index contributed by atoms with van der Waals surface area (Å²) in [4.78, 5) is 0. The zero-order valence-electron chi connectivity index (χ0n) is 6.09. The number of nitrogens with two attached hydrogens (primary N) is 1. The second-order valence-electron chi connectivity index (χ2n) is 3.45. The third-order valence-electron chi connectivity index (χ3n) is 2.74. The summed E-state index contributed by atoms with van der Waals surface area (Å²) in [6.45, 7) is 5.34. The molecule has 1 rings (SSSR count). The number of hydrogen-bond acceptors (Lipinski definition) is 2. The number of hydrogen-bond donors (Lipinski definition) is 2. The van der Waals surface area contributed by atoms with Crippen LogP contribution in [-0.2, 0) is 0 Å². The van der Waals surface area contributed by atoms with Crippen molar-refractivity contribution in [1.29, 1.82) is 0 Å². The molecule has 0 aromatic rings. The van der Waals surface area contributed by atoms with E-state index in [-0.39, 0.29) is 0 Å². The van der Waals surface area contributed by atoms with Crippen molar-refractivity contribution in [3.63, 3.8) is 0 Å². The van der Waals surface area contributed by atoms with E-state index in [9.17, 15) is 0 Å². The summed E-state index contributed by atoms with van der Waals surface area (Å²) in [7, 11) is 0. The fourth-order valence-corrected chi connectivity index (χ4v) is 1.69. The standard InChI is InChI=1S/C7H15NO/c1-7(2)5(3-8)6(7)4-9/h5-6,9H,3-4,8H2,1-2H3. The molecule has 3 N–H and O–H groups in total. The Labute approximate surface area is 56.1 Å². The van der Waals surface area contributed by atoms with E-state index in [1.165, 1.54) is 0 Å². The minimum Gasteiger partial charge on any atom is -0.396 e. The second kappa shape index (κ2) is 1.96. The van der Waals surface area contributed by atoms with Gasteiger partial charge in [0.2, 0.25) is 0 Å². The molecule has 2 nitrogen and oxygen atoms in total. The van der Waals surface area contributed by atoms with Crippen molar-refractivity contribution in [3.8, 4) is 0 Å². The third-order valence-corrected chi connectivity index (χ3v) is 2.74. The highest BCUT2D eigenvalue weighted by Gasteiger charge is 2.55. The first kappa shape index (κ1) is 7.03. The van der Waals surface area contributed by atoms with Gasteiger partial charge >= 0.3 is 0 Å². The van der Waals surface area contributed by atoms with Crippen molar-refractivity contribution in [2.75, 3.05) is 13.2 Å². The van der Waals surface area contributed by atoms with Crippen LogP contribution in [0.1, 0.15) is 13.8 Å². The van der Waals surface area contributed by atoms with E-state index in [4.69, 9.17) is 10.8 Å². The molecule has 1 saturated carbocycles. The molecule has 54 valence electrons. The molecule has 0 saturated heterocycles. The van der Waals surface area contributed by atoms with E-state index in [1.807, 2.05) is 0 Å². The monoisotopic (exact) mass is 129 g/mol. The fraction of sp³-hybridized carbons (Fsp3) is 1.00. The summed E-state index contributed by atoms with van der Waals surface area (Å²) in [6.07, 6.45) is 0. The van der Waals surface area contributed by atoms with E-state index in [2.05, 4.69) is 13.8 Å². The molecular formula is C7H15NO. The Hall–Kier alpha value is -0.0800. The van der Waals surface area contributed by atoms with Gasteiger partial charge in [-0.1, -0.05) is 13.8 Å². The first-order chi connectivity index (χ1) is 4.14. The van der Waals surface area contributed by atoms with Crippen molar-refractivity contribution in [1.82, 2.24) is 0 Å². The lowest BCUT2D eigenvalue weighted by Crippen LogP contribution is -2.05. The van der Waals surface area contributed by atoms with Gasteiger partial charge in [0, 0.05) is 6.61 Å². The lowest BCUT2D eigenvalue weighted by molar-refractivity contribution is 0.255. The van der Waals surface area contributed by atoms with Crippen molar-refractivity contribution in [2.45, 2.75) is 13.8 Å². The minimum atomic E-state index is 0.300. The molecule has 2 heteroatoms. The summed E-state index contributed by atoms with van der Waals surface area (Å²) in [5.74, 6) is 1.02. The molecule has 1 aliphatic rings. The molecule has 0 amide bonds.